The van der Waals surface area contributed by atoms with Crippen molar-refractivity contribution in [3.05, 3.63) is 47.2 Å². The third kappa shape index (κ3) is 2.25. The van der Waals surface area contributed by atoms with Gasteiger partial charge in [-0.3, -0.25) is 0 Å². The van der Waals surface area contributed by atoms with Crippen LogP contribution in [0.25, 0.3) is 16.9 Å². The van der Waals surface area contributed by atoms with Gasteiger partial charge in [-0.15, -0.1) is 0 Å². The second-order valence-corrected chi connectivity index (χ2v) is 5.22. The van der Waals surface area contributed by atoms with Gasteiger partial charge in [0.2, 0.25) is 0 Å². The van der Waals surface area contributed by atoms with Crippen LogP contribution in [0.5, 0.6) is 11.5 Å². The zero-order valence-corrected chi connectivity index (χ0v) is 12.7. The molecule has 4 nitrogen and oxygen atoms in total. The van der Waals surface area contributed by atoms with Crippen molar-refractivity contribution in [2.75, 3.05) is 14.2 Å². The van der Waals surface area contributed by atoms with Crippen LogP contribution in [0.4, 0.5) is 0 Å². The molecule has 0 spiro atoms. The van der Waals surface area contributed by atoms with Gasteiger partial charge in [0.05, 0.1) is 19.9 Å². The van der Waals surface area contributed by atoms with Crippen LogP contribution in [0, 0.1) is 0 Å². The summed E-state index contributed by atoms with van der Waals surface area (Å²) >= 11 is 3.45. The summed E-state index contributed by atoms with van der Waals surface area (Å²) in [5.74, 6) is 1.41. The number of rotatable bonds is 3. The highest BCUT2D eigenvalue weighted by Crippen LogP contribution is 2.32. The predicted octanol–water partition coefficient (Wildman–Crippen LogP) is 3.78. The first-order chi connectivity index (χ1) is 9.71. The lowest BCUT2D eigenvalue weighted by Crippen LogP contribution is -1.90. The molecule has 0 aliphatic carbocycles. The fraction of sp³-hybridized carbons (Fsp3) is 0.133. The minimum absolute atomic E-state index is 0.697. The van der Waals surface area contributed by atoms with Crippen molar-refractivity contribution in [3.63, 3.8) is 0 Å². The molecule has 1 aromatic carbocycles. The molecule has 0 saturated heterocycles. The number of nitrogens with zero attached hydrogens (tertiary/aromatic N) is 2. The molecule has 20 heavy (non-hydrogen) atoms. The van der Waals surface area contributed by atoms with Crippen molar-refractivity contribution < 1.29 is 9.47 Å². The molecule has 0 atom stereocenters. The van der Waals surface area contributed by atoms with Crippen molar-refractivity contribution in [1.29, 1.82) is 0 Å². The number of pyridine rings is 1. The van der Waals surface area contributed by atoms with Gasteiger partial charge in [0.25, 0.3) is 0 Å². The summed E-state index contributed by atoms with van der Waals surface area (Å²) in [4.78, 5) is 4.60. The molecule has 5 heteroatoms. The van der Waals surface area contributed by atoms with Crippen LogP contribution >= 0.6 is 15.9 Å². The van der Waals surface area contributed by atoms with Crippen LogP contribution in [0.15, 0.2) is 47.2 Å². The number of aromatic nitrogens is 2. The third-order valence-corrected chi connectivity index (χ3v) is 3.56. The Morgan fingerprint density at radius 2 is 1.80 bits per heavy atom. The van der Waals surface area contributed by atoms with Gasteiger partial charge >= 0.3 is 0 Å². The summed E-state index contributed by atoms with van der Waals surface area (Å²) < 4.78 is 13.6. The molecule has 0 bridgehead atoms. The van der Waals surface area contributed by atoms with Crippen LogP contribution < -0.4 is 9.47 Å². The average Bonchev–Trinajstić information content (AvgIpc) is 2.89. The fourth-order valence-corrected chi connectivity index (χ4v) is 2.45. The Labute approximate surface area is 125 Å². The highest BCUT2D eigenvalue weighted by Gasteiger charge is 2.09. The molecule has 2 aromatic heterocycles. The normalized spacial score (nSPS) is 10.8. The van der Waals surface area contributed by atoms with Gasteiger partial charge in [-0.05, 0) is 46.3 Å². The van der Waals surface area contributed by atoms with Gasteiger partial charge in [0, 0.05) is 22.4 Å². The van der Waals surface area contributed by atoms with Crippen LogP contribution in [0.2, 0.25) is 0 Å². The minimum atomic E-state index is 0.697. The first-order valence-corrected chi connectivity index (χ1v) is 6.87. The summed E-state index contributed by atoms with van der Waals surface area (Å²) in [6.45, 7) is 0. The number of hydrogen-bond acceptors (Lipinski definition) is 3. The Morgan fingerprint density at radius 1 is 1.00 bits per heavy atom. The van der Waals surface area contributed by atoms with E-state index in [4.69, 9.17) is 9.47 Å². The molecular formula is C15H13BrN2O2. The number of methoxy groups -OCH3 is 2. The molecule has 2 heterocycles. The zero-order chi connectivity index (χ0) is 14.1. The first kappa shape index (κ1) is 13.0. The summed E-state index contributed by atoms with van der Waals surface area (Å²) in [6, 6.07) is 9.72. The zero-order valence-electron chi connectivity index (χ0n) is 11.1. The van der Waals surface area contributed by atoms with E-state index in [1.165, 1.54) is 0 Å². The van der Waals surface area contributed by atoms with E-state index in [1.807, 2.05) is 47.1 Å². The quantitative estimate of drug-likeness (QED) is 0.732. The predicted molar refractivity (Wildman–Crippen MR) is 81.4 cm³/mol. The maximum absolute atomic E-state index is 5.32. The van der Waals surface area contributed by atoms with Crippen molar-refractivity contribution >= 4 is 21.6 Å². The summed E-state index contributed by atoms with van der Waals surface area (Å²) in [6.07, 6.45) is 3.97. The molecule has 0 aliphatic heterocycles. The maximum atomic E-state index is 5.32. The van der Waals surface area contributed by atoms with E-state index < -0.39 is 0 Å². The van der Waals surface area contributed by atoms with E-state index in [0.717, 1.165) is 21.4 Å². The van der Waals surface area contributed by atoms with Gasteiger partial charge in [0.1, 0.15) is 5.65 Å². The van der Waals surface area contributed by atoms with Crippen LogP contribution in [0.3, 0.4) is 0 Å². The van der Waals surface area contributed by atoms with Crippen LogP contribution in [0.1, 0.15) is 0 Å². The van der Waals surface area contributed by atoms with Gasteiger partial charge in [-0.2, -0.15) is 0 Å². The first-order valence-electron chi connectivity index (χ1n) is 6.08. The molecule has 102 valence electrons. The Kier molecular flexibility index (Phi) is 3.36. The second kappa shape index (κ2) is 5.17. The minimum Gasteiger partial charge on any atom is -0.493 e. The molecule has 0 radical (unpaired) electrons. The second-order valence-electron chi connectivity index (χ2n) is 4.31. The summed E-state index contributed by atoms with van der Waals surface area (Å²) in [7, 11) is 3.25. The molecule has 0 aliphatic rings. The van der Waals surface area contributed by atoms with Gasteiger partial charge < -0.3 is 13.9 Å². The van der Waals surface area contributed by atoms with E-state index in [0.29, 0.717) is 11.5 Å². The lowest BCUT2D eigenvalue weighted by Gasteiger charge is -2.08. The van der Waals surface area contributed by atoms with E-state index in [1.54, 1.807) is 14.2 Å². The highest BCUT2D eigenvalue weighted by atomic mass is 79.9. The third-order valence-electron chi connectivity index (χ3n) is 3.09. The Balaban J connectivity index is 2.10. The molecule has 3 aromatic rings. The summed E-state index contributed by atoms with van der Waals surface area (Å²) in [5.41, 5.74) is 2.78. The van der Waals surface area contributed by atoms with Crippen molar-refractivity contribution in [2.45, 2.75) is 0 Å². The number of halogens is 1. The molecule has 0 amide bonds. The van der Waals surface area contributed by atoms with Crippen LogP contribution in [-0.2, 0) is 0 Å². The number of ether oxygens (including phenoxy) is 2. The van der Waals surface area contributed by atoms with E-state index in [2.05, 4.69) is 20.9 Å². The smallest absolute Gasteiger partial charge is 0.161 e. The highest BCUT2D eigenvalue weighted by molar-refractivity contribution is 9.10. The molecule has 0 saturated carbocycles. The molecular weight excluding hydrogens is 320 g/mol. The number of fused-ring (bicyclic) bond motifs is 1. The maximum Gasteiger partial charge on any atom is 0.161 e. The Morgan fingerprint density at radius 3 is 2.55 bits per heavy atom. The topological polar surface area (TPSA) is 35.8 Å². The number of benzene rings is 1. The Bertz CT molecular complexity index is 768. The van der Waals surface area contributed by atoms with E-state index in [9.17, 15) is 0 Å². The average molecular weight is 333 g/mol. The standard InChI is InChI=1S/C15H13BrN2O2/c1-19-13-5-3-10(7-14(13)20-2)12-9-18-8-11(16)4-6-15(18)17-12/h3-9H,1-2H3. The SMILES string of the molecule is COc1ccc(-c2cn3cc(Br)ccc3n2)cc1OC. The van der Waals surface area contributed by atoms with Crippen molar-refractivity contribution in [2.24, 2.45) is 0 Å². The van der Waals surface area contributed by atoms with Gasteiger partial charge in [-0.1, -0.05) is 0 Å². The molecule has 0 unspecified atom stereocenters. The van der Waals surface area contributed by atoms with Crippen molar-refractivity contribution in [3.8, 4) is 22.8 Å². The number of hydrogen-bond donors (Lipinski definition) is 0. The van der Waals surface area contributed by atoms with Crippen molar-refractivity contribution in [1.82, 2.24) is 9.38 Å². The molecule has 0 fully saturated rings. The van der Waals surface area contributed by atoms with Gasteiger partial charge in [0.15, 0.2) is 11.5 Å². The largest absolute Gasteiger partial charge is 0.493 e. The van der Waals surface area contributed by atoms with Crippen LogP contribution in [-0.4, -0.2) is 23.6 Å². The van der Waals surface area contributed by atoms with E-state index >= 15 is 0 Å². The fourth-order valence-electron chi connectivity index (χ4n) is 2.10. The lowest BCUT2D eigenvalue weighted by atomic mass is 10.1. The molecule has 0 N–H and O–H groups in total. The van der Waals surface area contributed by atoms with E-state index in [-0.39, 0.29) is 0 Å². The lowest BCUT2D eigenvalue weighted by molar-refractivity contribution is 0.355. The monoisotopic (exact) mass is 332 g/mol. The Hall–Kier alpha value is -2.01. The number of imidazole rings is 1. The molecule has 3 rings (SSSR count). The summed E-state index contributed by atoms with van der Waals surface area (Å²) in [5, 5.41) is 0. The van der Waals surface area contributed by atoms with Gasteiger partial charge in [-0.25, -0.2) is 4.98 Å².